The van der Waals surface area contributed by atoms with Gasteiger partial charge in [-0.3, -0.25) is 4.79 Å². The van der Waals surface area contributed by atoms with Gasteiger partial charge >= 0.3 is 0 Å². The topological polar surface area (TPSA) is 41.1 Å². The van der Waals surface area contributed by atoms with Gasteiger partial charge in [-0.15, -0.1) is 0 Å². The molecule has 1 heterocycles. The molecule has 1 aliphatic heterocycles. The number of nitrogens with one attached hydrogen (secondary N) is 2. The lowest BCUT2D eigenvalue weighted by atomic mass is 10.1. The summed E-state index contributed by atoms with van der Waals surface area (Å²) in [6.45, 7) is 2.68. The second kappa shape index (κ2) is 5.58. The van der Waals surface area contributed by atoms with Crippen molar-refractivity contribution in [1.82, 2.24) is 0 Å². The summed E-state index contributed by atoms with van der Waals surface area (Å²) in [5.74, 6) is 0.00626. The van der Waals surface area contributed by atoms with Crippen molar-refractivity contribution >= 4 is 40.5 Å². The second-order valence-electron chi connectivity index (χ2n) is 5.14. The quantitative estimate of drug-likeness (QED) is 0.879. The Balaban J connectivity index is 1.79. The van der Waals surface area contributed by atoms with E-state index in [4.69, 9.17) is 23.2 Å². The van der Waals surface area contributed by atoms with Crippen LogP contribution in [0.25, 0.3) is 0 Å². The minimum atomic E-state index is 0.00626. The van der Waals surface area contributed by atoms with Gasteiger partial charge in [0, 0.05) is 17.3 Å². The maximum atomic E-state index is 11.4. The molecule has 0 bridgehead atoms. The average molecular weight is 321 g/mol. The smallest absolute Gasteiger partial charge is 0.228 e. The Morgan fingerprint density at radius 2 is 2.05 bits per heavy atom. The Hall–Kier alpha value is -1.71. The van der Waals surface area contributed by atoms with E-state index in [-0.39, 0.29) is 5.91 Å². The SMILES string of the molecule is Cc1cc(Cl)ccc1CNc1cc2c(cc1Cl)NC(=O)C2. The Morgan fingerprint density at radius 3 is 2.81 bits per heavy atom. The van der Waals surface area contributed by atoms with E-state index in [1.807, 2.05) is 31.2 Å². The largest absolute Gasteiger partial charge is 0.380 e. The minimum Gasteiger partial charge on any atom is -0.380 e. The molecule has 3 rings (SSSR count). The molecule has 0 fully saturated rings. The highest BCUT2D eigenvalue weighted by Crippen LogP contribution is 2.33. The van der Waals surface area contributed by atoms with E-state index >= 15 is 0 Å². The van der Waals surface area contributed by atoms with Crippen LogP contribution in [0.2, 0.25) is 10.0 Å². The summed E-state index contributed by atoms with van der Waals surface area (Å²) < 4.78 is 0. The van der Waals surface area contributed by atoms with Crippen LogP contribution in [0.4, 0.5) is 11.4 Å². The van der Waals surface area contributed by atoms with E-state index in [0.29, 0.717) is 18.0 Å². The fraction of sp³-hybridized carbons (Fsp3) is 0.188. The summed E-state index contributed by atoms with van der Waals surface area (Å²) in [5, 5.41) is 7.44. The van der Waals surface area contributed by atoms with Gasteiger partial charge in [0.15, 0.2) is 0 Å². The van der Waals surface area contributed by atoms with Crippen molar-refractivity contribution in [1.29, 1.82) is 0 Å². The van der Waals surface area contributed by atoms with Gasteiger partial charge in [-0.05, 0) is 47.9 Å². The Labute approximate surface area is 133 Å². The molecule has 5 heteroatoms. The number of amides is 1. The van der Waals surface area contributed by atoms with Crippen molar-refractivity contribution in [3.05, 3.63) is 57.1 Å². The number of carbonyl (C=O) groups is 1. The molecule has 0 aromatic heterocycles. The Morgan fingerprint density at radius 1 is 1.24 bits per heavy atom. The molecule has 0 atom stereocenters. The second-order valence-corrected chi connectivity index (χ2v) is 5.98. The van der Waals surface area contributed by atoms with E-state index < -0.39 is 0 Å². The molecule has 2 N–H and O–H groups in total. The molecule has 2 aromatic carbocycles. The average Bonchev–Trinajstić information content (AvgIpc) is 2.76. The zero-order valence-corrected chi connectivity index (χ0v) is 13.0. The van der Waals surface area contributed by atoms with Crippen LogP contribution in [0.3, 0.4) is 0 Å². The van der Waals surface area contributed by atoms with Crippen LogP contribution in [0, 0.1) is 6.92 Å². The van der Waals surface area contributed by atoms with Crippen LogP contribution < -0.4 is 10.6 Å². The predicted octanol–water partition coefficient (Wildman–Crippen LogP) is 4.41. The highest BCUT2D eigenvalue weighted by Gasteiger charge is 2.19. The van der Waals surface area contributed by atoms with Crippen molar-refractivity contribution in [2.24, 2.45) is 0 Å². The first-order valence-electron chi connectivity index (χ1n) is 6.64. The van der Waals surface area contributed by atoms with Gasteiger partial charge < -0.3 is 10.6 Å². The first kappa shape index (κ1) is 14.2. The summed E-state index contributed by atoms with van der Waals surface area (Å²) in [5.41, 5.74) is 4.90. The van der Waals surface area contributed by atoms with Crippen LogP contribution in [0.5, 0.6) is 0 Å². The van der Waals surface area contributed by atoms with Crippen molar-refractivity contribution in [2.75, 3.05) is 10.6 Å². The lowest BCUT2D eigenvalue weighted by Gasteiger charge is -2.12. The van der Waals surface area contributed by atoms with E-state index in [9.17, 15) is 4.79 Å². The van der Waals surface area contributed by atoms with Gasteiger partial charge in [0.1, 0.15) is 0 Å². The zero-order valence-electron chi connectivity index (χ0n) is 11.5. The number of fused-ring (bicyclic) bond motifs is 1. The van der Waals surface area contributed by atoms with Crippen molar-refractivity contribution < 1.29 is 4.79 Å². The van der Waals surface area contributed by atoms with E-state index in [1.54, 1.807) is 6.07 Å². The standard InChI is InChI=1S/C16H14Cl2N2O/c1-9-4-12(17)3-2-10(9)8-19-15-5-11-6-16(21)20-14(11)7-13(15)18/h2-5,7,19H,6,8H2,1H3,(H,20,21). The predicted molar refractivity (Wildman–Crippen MR) is 87.3 cm³/mol. The molecule has 21 heavy (non-hydrogen) atoms. The first-order valence-corrected chi connectivity index (χ1v) is 7.39. The third kappa shape index (κ3) is 2.99. The number of halogens is 2. The Kier molecular flexibility index (Phi) is 3.79. The summed E-state index contributed by atoms with van der Waals surface area (Å²) in [6, 6.07) is 9.53. The molecule has 108 valence electrons. The molecule has 0 unspecified atom stereocenters. The van der Waals surface area contributed by atoms with Crippen LogP contribution in [0.1, 0.15) is 16.7 Å². The molecular weight excluding hydrogens is 307 g/mol. The molecule has 0 saturated carbocycles. The van der Waals surface area contributed by atoms with Crippen LogP contribution in [0.15, 0.2) is 30.3 Å². The number of benzene rings is 2. The molecule has 3 nitrogen and oxygen atoms in total. The van der Waals surface area contributed by atoms with Crippen molar-refractivity contribution in [3.63, 3.8) is 0 Å². The van der Waals surface area contributed by atoms with Crippen LogP contribution in [-0.4, -0.2) is 5.91 Å². The zero-order chi connectivity index (χ0) is 15.0. The van der Waals surface area contributed by atoms with Gasteiger partial charge in [-0.1, -0.05) is 29.3 Å². The number of hydrogen-bond acceptors (Lipinski definition) is 2. The molecule has 1 aliphatic rings. The molecule has 2 aromatic rings. The summed E-state index contributed by atoms with van der Waals surface area (Å²) in [4.78, 5) is 11.4. The van der Waals surface area contributed by atoms with Gasteiger partial charge in [0.2, 0.25) is 5.91 Å². The summed E-state index contributed by atoms with van der Waals surface area (Å²) in [7, 11) is 0. The fourth-order valence-electron chi connectivity index (χ4n) is 2.43. The van der Waals surface area contributed by atoms with Gasteiger partial charge in [0.05, 0.1) is 17.1 Å². The maximum Gasteiger partial charge on any atom is 0.228 e. The number of aryl methyl sites for hydroxylation is 1. The third-order valence-corrected chi connectivity index (χ3v) is 4.14. The highest BCUT2D eigenvalue weighted by atomic mass is 35.5. The molecular formula is C16H14Cl2N2O. The fourth-order valence-corrected chi connectivity index (χ4v) is 2.89. The highest BCUT2D eigenvalue weighted by molar-refractivity contribution is 6.33. The molecule has 0 spiro atoms. The maximum absolute atomic E-state index is 11.4. The normalized spacial score (nSPS) is 13.0. The molecule has 0 aliphatic carbocycles. The lowest BCUT2D eigenvalue weighted by molar-refractivity contribution is -0.115. The van der Waals surface area contributed by atoms with Crippen molar-refractivity contribution in [3.8, 4) is 0 Å². The van der Waals surface area contributed by atoms with Crippen molar-refractivity contribution in [2.45, 2.75) is 19.9 Å². The monoisotopic (exact) mass is 320 g/mol. The molecule has 0 saturated heterocycles. The first-order chi connectivity index (χ1) is 10.0. The lowest BCUT2D eigenvalue weighted by Crippen LogP contribution is -2.03. The summed E-state index contributed by atoms with van der Waals surface area (Å²) in [6.07, 6.45) is 0.404. The van der Waals surface area contributed by atoms with E-state index in [1.165, 1.54) is 0 Å². The summed E-state index contributed by atoms with van der Waals surface area (Å²) >= 11 is 12.2. The number of anilines is 2. The van der Waals surface area contributed by atoms with Gasteiger partial charge in [-0.25, -0.2) is 0 Å². The van der Waals surface area contributed by atoms with Crippen LogP contribution in [-0.2, 0) is 17.8 Å². The van der Waals surface area contributed by atoms with Crippen LogP contribution >= 0.6 is 23.2 Å². The number of carbonyl (C=O) groups excluding carboxylic acids is 1. The van der Waals surface area contributed by atoms with Gasteiger partial charge in [0.25, 0.3) is 0 Å². The van der Waals surface area contributed by atoms with Gasteiger partial charge in [-0.2, -0.15) is 0 Å². The van der Waals surface area contributed by atoms with E-state index in [2.05, 4.69) is 10.6 Å². The Bertz CT molecular complexity index is 728. The number of hydrogen-bond donors (Lipinski definition) is 2. The minimum absolute atomic E-state index is 0.00626. The third-order valence-electron chi connectivity index (χ3n) is 3.59. The molecule has 0 radical (unpaired) electrons. The van der Waals surface area contributed by atoms with E-state index in [0.717, 1.165) is 33.1 Å². The number of rotatable bonds is 3. The molecule has 1 amide bonds.